The first-order valence-electron chi connectivity index (χ1n) is 6.81. The second-order valence-electron chi connectivity index (χ2n) is 4.68. The Labute approximate surface area is 126 Å². The molecule has 1 aliphatic rings. The van der Waals surface area contributed by atoms with Crippen molar-refractivity contribution in [1.29, 1.82) is 0 Å². The zero-order valence-corrected chi connectivity index (χ0v) is 11.8. The number of para-hydroxylation sites is 2. The molecule has 2 aromatic carbocycles. The topological polar surface area (TPSA) is 90.2 Å². The van der Waals surface area contributed by atoms with Gasteiger partial charge in [0.2, 0.25) is 5.91 Å². The molecule has 0 atom stereocenters. The van der Waals surface area contributed by atoms with Crippen molar-refractivity contribution in [3.63, 3.8) is 0 Å². The minimum Gasteiger partial charge on any atom is -0.486 e. The lowest BCUT2D eigenvalue weighted by Gasteiger charge is -2.17. The molecule has 112 valence electrons. The minimum absolute atomic E-state index is 0.418. The standard InChI is InChI=1S/C8H7N3O.C8H8O2/c9-8(12)5-1-2-7-6(3-5)4-10-11-7;1-2-4-8-7(3-1)9-5-6-10-8/h1-4H,(H2,9,12)(H,10,11);1-4H,5-6H2. The summed E-state index contributed by atoms with van der Waals surface area (Å²) in [7, 11) is 0. The molecule has 3 aromatic rings. The summed E-state index contributed by atoms with van der Waals surface area (Å²) >= 11 is 0. The van der Waals surface area contributed by atoms with Gasteiger partial charge < -0.3 is 15.2 Å². The fraction of sp³-hybridized carbons (Fsp3) is 0.125. The number of rotatable bonds is 1. The molecule has 0 aliphatic carbocycles. The van der Waals surface area contributed by atoms with Gasteiger partial charge in [-0.1, -0.05) is 12.1 Å². The lowest BCUT2D eigenvalue weighted by atomic mass is 10.1. The number of hydrogen-bond donors (Lipinski definition) is 2. The number of primary amides is 1. The number of carbonyl (C=O) groups excluding carboxylic acids is 1. The maximum Gasteiger partial charge on any atom is 0.248 e. The quantitative estimate of drug-likeness (QED) is 0.720. The number of aromatic nitrogens is 2. The van der Waals surface area contributed by atoms with Crippen LogP contribution in [0.15, 0.2) is 48.7 Å². The Morgan fingerprint density at radius 1 is 1.09 bits per heavy atom. The van der Waals surface area contributed by atoms with Crippen LogP contribution in [-0.4, -0.2) is 29.3 Å². The molecule has 3 N–H and O–H groups in total. The third-order valence-electron chi connectivity index (χ3n) is 3.17. The van der Waals surface area contributed by atoms with Crippen LogP contribution >= 0.6 is 0 Å². The Bertz CT molecular complexity index is 773. The van der Waals surface area contributed by atoms with Crippen LogP contribution in [0.25, 0.3) is 10.9 Å². The molecular formula is C16H15N3O3. The average molecular weight is 297 g/mol. The number of ether oxygens (including phenoxy) is 2. The lowest BCUT2D eigenvalue weighted by Crippen LogP contribution is -2.14. The summed E-state index contributed by atoms with van der Waals surface area (Å²) in [5.41, 5.74) is 6.51. The van der Waals surface area contributed by atoms with Crippen LogP contribution in [0.2, 0.25) is 0 Å². The van der Waals surface area contributed by atoms with Gasteiger partial charge >= 0.3 is 0 Å². The van der Waals surface area contributed by atoms with E-state index in [0.717, 1.165) is 22.4 Å². The highest BCUT2D eigenvalue weighted by Crippen LogP contribution is 2.28. The first-order chi connectivity index (χ1) is 10.7. The van der Waals surface area contributed by atoms with Gasteiger partial charge in [0.1, 0.15) is 13.2 Å². The number of aromatic amines is 1. The van der Waals surface area contributed by atoms with E-state index in [1.54, 1.807) is 24.4 Å². The van der Waals surface area contributed by atoms with Crippen molar-refractivity contribution >= 4 is 16.8 Å². The van der Waals surface area contributed by atoms with E-state index >= 15 is 0 Å². The smallest absolute Gasteiger partial charge is 0.248 e. The van der Waals surface area contributed by atoms with Crippen LogP contribution in [0.5, 0.6) is 11.5 Å². The Hall–Kier alpha value is -3.02. The second-order valence-corrected chi connectivity index (χ2v) is 4.68. The van der Waals surface area contributed by atoms with Crippen molar-refractivity contribution in [3.8, 4) is 11.5 Å². The molecule has 1 aliphatic heterocycles. The van der Waals surface area contributed by atoms with Crippen LogP contribution in [0.1, 0.15) is 10.4 Å². The lowest BCUT2D eigenvalue weighted by molar-refractivity contribution is 0.100. The van der Waals surface area contributed by atoms with Crippen LogP contribution in [0.4, 0.5) is 0 Å². The fourth-order valence-electron chi connectivity index (χ4n) is 2.09. The Balaban J connectivity index is 0.000000133. The number of nitrogens with zero attached hydrogens (tertiary/aromatic N) is 1. The third-order valence-corrected chi connectivity index (χ3v) is 3.17. The first kappa shape index (κ1) is 13.9. The van der Waals surface area contributed by atoms with Crippen molar-refractivity contribution in [2.75, 3.05) is 13.2 Å². The molecular weight excluding hydrogens is 282 g/mol. The summed E-state index contributed by atoms with van der Waals surface area (Å²) in [6.07, 6.45) is 1.65. The summed E-state index contributed by atoms with van der Waals surface area (Å²) < 4.78 is 10.6. The maximum atomic E-state index is 10.8. The highest BCUT2D eigenvalue weighted by atomic mass is 16.6. The Kier molecular flexibility index (Phi) is 3.91. The van der Waals surface area contributed by atoms with E-state index in [9.17, 15) is 4.79 Å². The van der Waals surface area contributed by atoms with Crippen molar-refractivity contribution in [2.24, 2.45) is 5.73 Å². The van der Waals surface area contributed by atoms with Gasteiger partial charge in [-0.2, -0.15) is 5.10 Å². The van der Waals surface area contributed by atoms with Crippen molar-refractivity contribution in [3.05, 3.63) is 54.2 Å². The molecule has 2 heterocycles. The van der Waals surface area contributed by atoms with Crippen molar-refractivity contribution in [1.82, 2.24) is 10.2 Å². The van der Waals surface area contributed by atoms with Gasteiger partial charge in [-0.05, 0) is 30.3 Å². The summed E-state index contributed by atoms with van der Waals surface area (Å²) in [4.78, 5) is 10.8. The first-order valence-corrected chi connectivity index (χ1v) is 6.81. The largest absolute Gasteiger partial charge is 0.486 e. The number of nitrogens with two attached hydrogens (primary N) is 1. The predicted octanol–water partition coefficient (Wildman–Crippen LogP) is 2.12. The van der Waals surface area contributed by atoms with Gasteiger partial charge in [0.25, 0.3) is 0 Å². The van der Waals surface area contributed by atoms with Crippen LogP contribution in [-0.2, 0) is 0 Å². The molecule has 4 rings (SSSR count). The van der Waals surface area contributed by atoms with E-state index < -0.39 is 5.91 Å². The molecule has 0 bridgehead atoms. The van der Waals surface area contributed by atoms with Gasteiger partial charge in [0.15, 0.2) is 11.5 Å². The van der Waals surface area contributed by atoms with Gasteiger partial charge in [0.05, 0.1) is 11.7 Å². The number of benzene rings is 2. The normalized spacial score (nSPS) is 12.4. The van der Waals surface area contributed by atoms with Gasteiger partial charge in [-0.3, -0.25) is 9.89 Å². The Morgan fingerprint density at radius 3 is 2.41 bits per heavy atom. The van der Waals surface area contributed by atoms with Gasteiger partial charge in [-0.15, -0.1) is 0 Å². The molecule has 6 nitrogen and oxygen atoms in total. The molecule has 0 spiro atoms. The molecule has 1 aromatic heterocycles. The summed E-state index contributed by atoms with van der Waals surface area (Å²) in [6.45, 7) is 1.33. The molecule has 0 radical (unpaired) electrons. The molecule has 22 heavy (non-hydrogen) atoms. The van der Waals surface area contributed by atoms with E-state index in [2.05, 4.69) is 10.2 Å². The third kappa shape index (κ3) is 3.01. The summed E-state index contributed by atoms with van der Waals surface area (Å²) in [5, 5.41) is 7.50. The predicted molar refractivity (Wildman–Crippen MR) is 82.0 cm³/mol. The molecule has 0 saturated heterocycles. The van der Waals surface area contributed by atoms with Crippen molar-refractivity contribution < 1.29 is 14.3 Å². The zero-order valence-electron chi connectivity index (χ0n) is 11.8. The minimum atomic E-state index is -0.418. The van der Waals surface area contributed by atoms with Crippen LogP contribution in [0, 0.1) is 0 Å². The molecule has 1 amide bonds. The van der Waals surface area contributed by atoms with Crippen molar-refractivity contribution in [2.45, 2.75) is 0 Å². The van der Waals surface area contributed by atoms with E-state index in [4.69, 9.17) is 15.2 Å². The van der Waals surface area contributed by atoms with E-state index in [1.807, 2.05) is 24.3 Å². The number of carbonyl (C=O) groups is 1. The molecule has 0 fully saturated rings. The SMILES string of the molecule is NC(=O)c1ccc2[nH]ncc2c1.c1ccc2c(c1)OCCO2. The number of fused-ring (bicyclic) bond motifs is 2. The maximum absolute atomic E-state index is 10.8. The summed E-state index contributed by atoms with van der Waals surface area (Å²) in [5.74, 6) is 1.29. The van der Waals surface area contributed by atoms with Gasteiger partial charge in [-0.25, -0.2) is 0 Å². The molecule has 0 unspecified atom stereocenters. The molecule has 6 heteroatoms. The van der Waals surface area contributed by atoms with E-state index in [0.29, 0.717) is 18.8 Å². The van der Waals surface area contributed by atoms with Crippen LogP contribution < -0.4 is 15.2 Å². The monoisotopic (exact) mass is 297 g/mol. The second kappa shape index (κ2) is 6.17. The van der Waals surface area contributed by atoms with E-state index in [1.165, 1.54) is 0 Å². The number of amides is 1. The average Bonchev–Trinajstić information content (AvgIpc) is 3.03. The van der Waals surface area contributed by atoms with Gasteiger partial charge in [0, 0.05) is 10.9 Å². The number of H-pyrrole nitrogens is 1. The molecule has 0 saturated carbocycles. The number of hydrogen-bond acceptors (Lipinski definition) is 4. The number of nitrogens with one attached hydrogen (secondary N) is 1. The van der Waals surface area contributed by atoms with E-state index in [-0.39, 0.29) is 0 Å². The summed E-state index contributed by atoms with van der Waals surface area (Å²) in [6, 6.07) is 12.9. The zero-order chi connectivity index (χ0) is 15.4. The fourth-order valence-corrected chi connectivity index (χ4v) is 2.09. The highest BCUT2D eigenvalue weighted by Gasteiger charge is 2.08. The highest BCUT2D eigenvalue weighted by molar-refractivity contribution is 5.96. The van der Waals surface area contributed by atoms with Crippen LogP contribution in [0.3, 0.4) is 0 Å². The Morgan fingerprint density at radius 2 is 1.77 bits per heavy atom.